The van der Waals surface area contributed by atoms with Crippen molar-refractivity contribution in [1.82, 2.24) is 0 Å². The van der Waals surface area contributed by atoms with Gasteiger partial charge in [-0.1, -0.05) is 13.0 Å². The molecule has 0 saturated carbocycles. The Balaban J connectivity index is 3.02. The van der Waals surface area contributed by atoms with E-state index in [2.05, 4.69) is 6.07 Å². The van der Waals surface area contributed by atoms with Crippen LogP contribution in [0.5, 0.6) is 0 Å². The topological polar surface area (TPSA) is 0 Å². The molecule has 0 aliphatic heterocycles. The summed E-state index contributed by atoms with van der Waals surface area (Å²) in [6.45, 7) is 1.81. The summed E-state index contributed by atoms with van der Waals surface area (Å²) in [4.78, 5) is 0. The van der Waals surface area contributed by atoms with E-state index in [1.54, 1.807) is 6.07 Å². The van der Waals surface area contributed by atoms with Crippen molar-refractivity contribution in [3.8, 4) is 0 Å². The first-order valence-electron chi connectivity index (χ1n) is 3.61. The second-order valence-corrected chi connectivity index (χ2v) is 2.48. The zero-order valence-electron chi connectivity index (χ0n) is 6.57. The van der Waals surface area contributed by atoms with Gasteiger partial charge in [0.15, 0.2) is 0 Å². The van der Waals surface area contributed by atoms with Crippen molar-refractivity contribution >= 4 is 0 Å². The molecule has 0 aliphatic rings. The summed E-state index contributed by atoms with van der Waals surface area (Å²) < 4.78 is 36.3. The number of alkyl halides is 3. The highest BCUT2D eigenvalue weighted by atomic mass is 19.4. The molecule has 12 heavy (non-hydrogen) atoms. The van der Waals surface area contributed by atoms with Gasteiger partial charge in [0.1, 0.15) is 0 Å². The van der Waals surface area contributed by atoms with Crippen LogP contribution in [0.2, 0.25) is 0 Å². The molecule has 1 rings (SSSR count). The molecule has 1 radical (unpaired) electrons. The third-order valence-corrected chi connectivity index (χ3v) is 1.58. The number of benzene rings is 1. The first-order valence-corrected chi connectivity index (χ1v) is 3.61. The van der Waals surface area contributed by atoms with Crippen molar-refractivity contribution in [2.45, 2.75) is 19.5 Å². The predicted octanol–water partition coefficient (Wildman–Crippen LogP) is 3.07. The maximum Gasteiger partial charge on any atom is 0.416 e. The summed E-state index contributed by atoms with van der Waals surface area (Å²) in [6.07, 6.45) is -3.65. The van der Waals surface area contributed by atoms with Gasteiger partial charge in [0.25, 0.3) is 0 Å². The number of hydrogen-bond donors (Lipinski definition) is 0. The minimum Gasteiger partial charge on any atom is -0.166 e. The average molecular weight is 173 g/mol. The molecule has 0 N–H and O–H groups in total. The van der Waals surface area contributed by atoms with Crippen molar-refractivity contribution in [2.75, 3.05) is 0 Å². The Morgan fingerprint density at radius 2 is 2.00 bits per heavy atom. The smallest absolute Gasteiger partial charge is 0.166 e. The summed E-state index contributed by atoms with van der Waals surface area (Å²) >= 11 is 0. The van der Waals surface area contributed by atoms with E-state index < -0.39 is 11.7 Å². The van der Waals surface area contributed by atoms with Gasteiger partial charge in [0.05, 0.1) is 5.56 Å². The van der Waals surface area contributed by atoms with Crippen LogP contribution in [-0.4, -0.2) is 0 Å². The highest BCUT2D eigenvalue weighted by Crippen LogP contribution is 2.29. The van der Waals surface area contributed by atoms with Gasteiger partial charge in [-0.15, -0.1) is 0 Å². The van der Waals surface area contributed by atoms with Crippen molar-refractivity contribution in [3.63, 3.8) is 0 Å². The maximum absolute atomic E-state index is 12.1. The van der Waals surface area contributed by atoms with Gasteiger partial charge in [0, 0.05) is 0 Å². The van der Waals surface area contributed by atoms with Crippen LogP contribution < -0.4 is 0 Å². The van der Waals surface area contributed by atoms with Gasteiger partial charge in [-0.25, -0.2) is 0 Å². The lowest BCUT2D eigenvalue weighted by Crippen LogP contribution is -2.04. The first kappa shape index (κ1) is 9.10. The summed E-state index contributed by atoms with van der Waals surface area (Å²) in [6, 6.07) is 6.14. The molecule has 3 heteroatoms. The van der Waals surface area contributed by atoms with Gasteiger partial charge in [0.2, 0.25) is 0 Å². The first-order chi connectivity index (χ1) is 5.54. The molecule has 0 fully saturated rings. The molecule has 0 aliphatic carbocycles. The molecule has 1 aromatic rings. The van der Waals surface area contributed by atoms with Crippen LogP contribution in [0, 0.1) is 6.07 Å². The third kappa shape index (κ3) is 2.00. The lowest BCUT2D eigenvalue weighted by Gasteiger charge is -2.06. The van der Waals surface area contributed by atoms with E-state index in [4.69, 9.17) is 0 Å². The Kier molecular flexibility index (Phi) is 2.40. The minimum absolute atomic E-state index is 0.598. The Bertz CT molecular complexity index is 263. The van der Waals surface area contributed by atoms with E-state index >= 15 is 0 Å². The molecule has 0 bridgehead atoms. The number of hydrogen-bond acceptors (Lipinski definition) is 0. The van der Waals surface area contributed by atoms with Crippen LogP contribution in [0.3, 0.4) is 0 Å². The zero-order valence-corrected chi connectivity index (χ0v) is 6.57. The van der Waals surface area contributed by atoms with Crippen molar-refractivity contribution in [1.29, 1.82) is 0 Å². The largest absolute Gasteiger partial charge is 0.416 e. The van der Waals surface area contributed by atoms with Crippen LogP contribution in [-0.2, 0) is 12.6 Å². The normalized spacial score (nSPS) is 11.7. The van der Waals surface area contributed by atoms with E-state index in [9.17, 15) is 13.2 Å². The Hall–Kier alpha value is -0.990. The monoisotopic (exact) mass is 173 g/mol. The molecule has 0 nitrogen and oxygen atoms in total. The van der Waals surface area contributed by atoms with E-state index in [0.29, 0.717) is 12.0 Å². The van der Waals surface area contributed by atoms with Crippen LogP contribution in [0.4, 0.5) is 13.2 Å². The van der Waals surface area contributed by atoms with Crippen molar-refractivity contribution in [2.24, 2.45) is 0 Å². The highest BCUT2D eigenvalue weighted by Gasteiger charge is 2.30. The summed E-state index contributed by atoms with van der Waals surface area (Å²) in [5, 5.41) is 0. The Morgan fingerprint density at radius 1 is 1.33 bits per heavy atom. The lowest BCUT2D eigenvalue weighted by molar-refractivity contribution is -0.137. The summed E-state index contributed by atoms with van der Waals surface area (Å²) in [5.74, 6) is 0. The van der Waals surface area contributed by atoms with E-state index in [-0.39, 0.29) is 0 Å². The number of aryl methyl sites for hydroxylation is 1. The predicted molar refractivity (Wildman–Crippen MR) is 39.7 cm³/mol. The van der Waals surface area contributed by atoms with Crippen LogP contribution in [0.25, 0.3) is 0 Å². The molecule has 0 amide bonds. The van der Waals surface area contributed by atoms with Crippen LogP contribution in [0.15, 0.2) is 18.2 Å². The molecule has 65 valence electrons. The van der Waals surface area contributed by atoms with Crippen LogP contribution in [0.1, 0.15) is 18.1 Å². The molecular formula is C9H8F3. The van der Waals surface area contributed by atoms with Gasteiger partial charge >= 0.3 is 6.18 Å². The molecule has 0 heterocycles. The Labute approximate surface area is 69.0 Å². The van der Waals surface area contributed by atoms with E-state index in [0.717, 1.165) is 12.1 Å². The summed E-state index contributed by atoms with van der Waals surface area (Å²) in [7, 11) is 0. The molecule has 0 spiro atoms. The van der Waals surface area contributed by atoms with Crippen molar-refractivity contribution < 1.29 is 13.2 Å². The maximum atomic E-state index is 12.1. The quantitative estimate of drug-likeness (QED) is 0.612. The van der Waals surface area contributed by atoms with E-state index in [1.807, 2.05) is 6.92 Å². The molecule has 0 saturated heterocycles. The average Bonchev–Trinajstić information content (AvgIpc) is 2.03. The lowest BCUT2D eigenvalue weighted by atomic mass is 10.1. The van der Waals surface area contributed by atoms with Crippen LogP contribution >= 0.6 is 0 Å². The van der Waals surface area contributed by atoms with Crippen molar-refractivity contribution in [3.05, 3.63) is 35.4 Å². The third-order valence-electron chi connectivity index (χ3n) is 1.58. The van der Waals surface area contributed by atoms with E-state index in [1.165, 1.54) is 0 Å². The van der Waals surface area contributed by atoms with Gasteiger partial charge in [-0.2, -0.15) is 13.2 Å². The fraction of sp³-hybridized carbons (Fsp3) is 0.333. The molecular weight excluding hydrogens is 165 g/mol. The molecule has 0 atom stereocenters. The SMILES string of the molecule is CCc1c[c]cc(C(F)(F)F)c1. The minimum atomic E-state index is -4.25. The molecule has 0 aromatic heterocycles. The van der Waals surface area contributed by atoms with Gasteiger partial charge < -0.3 is 0 Å². The fourth-order valence-electron chi connectivity index (χ4n) is 0.889. The van der Waals surface area contributed by atoms with Gasteiger partial charge in [-0.05, 0) is 30.2 Å². The molecule has 0 unspecified atom stereocenters. The Morgan fingerprint density at radius 3 is 2.50 bits per heavy atom. The summed E-state index contributed by atoms with van der Waals surface area (Å²) in [5.41, 5.74) is 0.0340. The highest BCUT2D eigenvalue weighted by molar-refractivity contribution is 5.24. The molecule has 1 aromatic carbocycles. The number of rotatable bonds is 1. The fourth-order valence-corrected chi connectivity index (χ4v) is 0.889. The second-order valence-electron chi connectivity index (χ2n) is 2.48. The number of halogens is 3. The second kappa shape index (κ2) is 3.17. The zero-order chi connectivity index (χ0) is 9.19. The standard InChI is InChI=1S/C9H8F3/c1-2-7-4-3-5-8(6-7)9(10,11)12/h4-6H,2H2,1H3. The van der Waals surface area contributed by atoms with Gasteiger partial charge in [-0.3, -0.25) is 0 Å².